The number of rotatable bonds is 3. The number of hydrogen-bond acceptors (Lipinski definition) is 4. The molecule has 7 nitrogen and oxygen atoms in total. The van der Waals surface area contributed by atoms with Crippen LogP contribution >= 0.6 is 0 Å². The summed E-state index contributed by atoms with van der Waals surface area (Å²) in [5.41, 5.74) is 0.254. The molecule has 1 saturated heterocycles. The molecule has 2 aromatic rings. The Bertz CT molecular complexity index is 966. The van der Waals surface area contributed by atoms with Gasteiger partial charge in [0.2, 0.25) is 5.91 Å². The molecule has 2 aliphatic rings. The van der Waals surface area contributed by atoms with E-state index >= 15 is 0 Å². The van der Waals surface area contributed by atoms with E-state index in [2.05, 4.69) is 10.3 Å². The molecule has 144 valence electrons. The van der Waals surface area contributed by atoms with Gasteiger partial charge < -0.3 is 15.3 Å². The van der Waals surface area contributed by atoms with E-state index in [1.807, 2.05) is 42.5 Å². The van der Waals surface area contributed by atoms with Crippen LogP contribution < -0.4 is 5.32 Å². The van der Waals surface area contributed by atoms with Crippen LogP contribution in [0.1, 0.15) is 36.2 Å². The van der Waals surface area contributed by atoms with Crippen molar-refractivity contribution in [1.82, 2.24) is 15.2 Å². The number of benzene rings is 1. The van der Waals surface area contributed by atoms with Crippen molar-refractivity contribution in [2.24, 2.45) is 0 Å². The van der Waals surface area contributed by atoms with Crippen LogP contribution in [0.4, 0.5) is 0 Å². The van der Waals surface area contributed by atoms with Gasteiger partial charge in [0.15, 0.2) is 0 Å². The molecule has 1 fully saturated rings. The van der Waals surface area contributed by atoms with Gasteiger partial charge >= 0.3 is 5.97 Å². The van der Waals surface area contributed by atoms with Gasteiger partial charge in [-0.05, 0) is 37.1 Å². The fourth-order valence-electron chi connectivity index (χ4n) is 4.10. The van der Waals surface area contributed by atoms with Gasteiger partial charge in [-0.3, -0.25) is 14.6 Å². The van der Waals surface area contributed by atoms with Crippen LogP contribution in [0, 0.1) is 0 Å². The molecule has 2 amide bonds. The summed E-state index contributed by atoms with van der Waals surface area (Å²) in [6.45, 7) is 0. The normalized spacial score (nSPS) is 24.5. The second kappa shape index (κ2) is 7.42. The third-order valence-corrected chi connectivity index (χ3v) is 5.48. The number of carbonyl (C=O) groups excluding carboxylic acids is 2. The average molecular weight is 379 g/mol. The van der Waals surface area contributed by atoms with E-state index in [0.29, 0.717) is 31.1 Å². The molecule has 4 rings (SSSR count). The minimum Gasteiger partial charge on any atom is -0.480 e. The van der Waals surface area contributed by atoms with Crippen molar-refractivity contribution in [2.75, 3.05) is 0 Å². The zero-order valence-electron chi connectivity index (χ0n) is 15.2. The average Bonchev–Trinajstić information content (AvgIpc) is 3.11. The molecule has 3 heterocycles. The molecule has 7 heteroatoms. The number of nitrogens with zero attached hydrogens (tertiary/aromatic N) is 2. The predicted molar refractivity (Wildman–Crippen MR) is 103 cm³/mol. The third-order valence-electron chi connectivity index (χ3n) is 5.48. The molecule has 0 radical (unpaired) electrons. The van der Waals surface area contributed by atoms with Crippen LogP contribution in [0.2, 0.25) is 0 Å². The molecule has 0 aliphatic carbocycles. The van der Waals surface area contributed by atoms with Crippen molar-refractivity contribution in [2.45, 2.75) is 43.8 Å². The van der Waals surface area contributed by atoms with Crippen LogP contribution in [-0.2, 0) is 9.59 Å². The van der Waals surface area contributed by atoms with Gasteiger partial charge in [-0.2, -0.15) is 0 Å². The zero-order valence-corrected chi connectivity index (χ0v) is 15.2. The van der Waals surface area contributed by atoms with E-state index in [-0.39, 0.29) is 17.6 Å². The molecule has 0 bridgehead atoms. The van der Waals surface area contributed by atoms with Crippen molar-refractivity contribution in [3.05, 3.63) is 54.4 Å². The standard InChI is InChI=1S/C21H21N3O4/c25-19(18-15-7-3-1-5-13(15)11-12-22-18)23-16-8-4-2-6-14-9-10-17(21(27)28)24(14)20(16)26/h1-5,7,11-12,14,16-17H,6,8-10H2,(H,23,25)(H,27,28)/t14-,16-,17-/m0/s1. The molecule has 1 aromatic heterocycles. The number of carbonyl (C=O) groups is 3. The van der Waals surface area contributed by atoms with Crippen molar-refractivity contribution >= 4 is 28.6 Å². The molecule has 2 N–H and O–H groups in total. The SMILES string of the molecule is O=C(N[C@H]1CC=CC[C@H]2CC[C@@H](C(=O)O)N2C1=O)c1nccc2ccccc12. The van der Waals surface area contributed by atoms with Gasteiger partial charge in [0.1, 0.15) is 17.8 Å². The summed E-state index contributed by atoms with van der Waals surface area (Å²) in [6.07, 6.45) is 7.46. The molecule has 2 aliphatic heterocycles. The van der Waals surface area contributed by atoms with Crippen molar-refractivity contribution in [3.8, 4) is 0 Å². The highest BCUT2D eigenvalue weighted by Gasteiger charge is 2.43. The van der Waals surface area contributed by atoms with E-state index in [1.165, 1.54) is 4.90 Å². The maximum Gasteiger partial charge on any atom is 0.326 e. The Morgan fingerprint density at radius 3 is 2.71 bits per heavy atom. The van der Waals surface area contributed by atoms with Crippen molar-refractivity contribution < 1.29 is 19.5 Å². The first kappa shape index (κ1) is 18.2. The molecule has 0 saturated carbocycles. The fourth-order valence-corrected chi connectivity index (χ4v) is 4.10. The molecule has 1 aromatic carbocycles. The topological polar surface area (TPSA) is 99.6 Å². The molecular formula is C21H21N3O4. The van der Waals surface area contributed by atoms with E-state index in [4.69, 9.17) is 0 Å². The predicted octanol–water partition coefficient (Wildman–Crippen LogP) is 2.13. The van der Waals surface area contributed by atoms with Crippen molar-refractivity contribution in [3.63, 3.8) is 0 Å². The Labute approximate surface area is 162 Å². The van der Waals surface area contributed by atoms with Crippen LogP contribution in [0.5, 0.6) is 0 Å². The molecule has 3 atom stereocenters. The first-order valence-electron chi connectivity index (χ1n) is 9.41. The number of aliphatic carboxylic acids is 1. The number of fused-ring (bicyclic) bond motifs is 2. The maximum absolute atomic E-state index is 13.1. The number of pyridine rings is 1. The van der Waals surface area contributed by atoms with Crippen LogP contribution in [-0.4, -0.2) is 50.9 Å². The molecule has 0 spiro atoms. The Morgan fingerprint density at radius 1 is 1.11 bits per heavy atom. The summed E-state index contributed by atoms with van der Waals surface area (Å²) in [4.78, 5) is 43.3. The Hall–Kier alpha value is -3.22. The summed E-state index contributed by atoms with van der Waals surface area (Å²) < 4.78 is 0. The summed E-state index contributed by atoms with van der Waals surface area (Å²) in [5.74, 6) is -1.78. The number of amides is 2. The quantitative estimate of drug-likeness (QED) is 0.796. The number of nitrogens with one attached hydrogen (secondary N) is 1. The summed E-state index contributed by atoms with van der Waals surface area (Å²) in [7, 11) is 0. The third kappa shape index (κ3) is 3.24. The Morgan fingerprint density at radius 2 is 1.89 bits per heavy atom. The van der Waals surface area contributed by atoms with Crippen molar-refractivity contribution in [1.29, 1.82) is 0 Å². The molecular weight excluding hydrogens is 358 g/mol. The Balaban J connectivity index is 1.61. The lowest BCUT2D eigenvalue weighted by Crippen LogP contribution is -2.54. The highest BCUT2D eigenvalue weighted by molar-refractivity contribution is 6.06. The van der Waals surface area contributed by atoms with Crippen LogP contribution in [0.3, 0.4) is 0 Å². The molecule has 0 unspecified atom stereocenters. The number of hydrogen-bond donors (Lipinski definition) is 2. The first-order valence-corrected chi connectivity index (χ1v) is 9.41. The van der Waals surface area contributed by atoms with Crippen LogP contribution in [0.25, 0.3) is 10.8 Å². The number of aromatic nitrogens is 1. The monoisotopic (exact) mass is 379 g/mol. The van der Waals surface area contributed by atoms with E-state index in [1.54, 1.807) is 6.20 Å². The second-order valence-corrected chi connectivity index (χ2v) is 7.18. The minimum atomic E-state index is -0.999. The minimum absolute atomic E-state index is 0.139. The lowest BCUT2D eigenvalue weighted by atomic mass is 10.0. The first-order chi connectivity index (χ1) is 13.6. The van der Waals surface area contributed by atoms with E-state index in [9.17, 15) is 19.5 Å². The van der Waals surface area contributed by atoms with Gasteiger partial charge in [-0.25, -0.2) is 4.79 Å². The highest BCUT2D eigenvalue weighted by Crippen LogP contribution is 2.29. The van der Waals surface area contributed by atoms with Gasteiger partial charge in [-0.1, -0.05) is 36.4 Å². The maximum atomic E-state index is 13.1. The number of carboxylic acid groups (broad SMARTS) is 1. The van der Waals surface area contributed by atoms with Gasteiger partial charge in [0, 0.05) is 17.6 Å². The molecule has 28 heavy (non-hydrogen) atoms. The van der Waals surface area contributed by atoms with Gasteiger partial charge in [0.05, 0.1) is 0 Å². The van der Waals surface area contributed by atoms with Gasteiger partial charge in [0.25, 0.3) is 5.91 Å². The summed E-state index contributed by atoms with van der Waals surface area (Å²) in [6, 6.07) is 7.45. The van der Waals surface area contributed by atoms with E-state index in [0.717, 1.165) is 5.39 Å². The second-order valence-electron chi connectivity index (χ2n) is 7.18. The van der Waals surface area contributed by atoms with Gasteiger partial charge in [-0.15, -0.1) is 0 Å². The largest absolute Gasteiger partial charge is 0.480 e. The summed E-state index contributed by atoms with van der Waals surface area (Å²) >= 11 is 0. The lowest BCUT2D eigenvalue weighted by molar-refractivity contribution is -0.150. The fraction of sp³-hybridized carbons (Fsp3) is 0.333. The summed E-state index contributed by atoms with van der Waals surface area (Å²) in [5, 5.41) is 13.9. The smallest absolute Gasteiger partial charge is 0.326 e. The Kier molecular flexibility index (Phi) is 4.81. The number of carboxylic acids is 1. The van der Waals surface area contributed by atoms with E-state index < -0.39 is 24.0 Å². The zero-order chi connectivity index (χ0) is 19.7. The van der Waals surface area contributed by atoms with Crippen LogP contribution in [0.15, 0.2) is 48.7 Å². The lowest BCUT2D eigenvalue weighted by Gasteiger charge is -2.32. The highest BCUT2D eigenvalue weighted by atomic mass is 16.4.